The fourth-order valence-electron chi connectivity index (χ4n) is 2.66. The van der Waals surface area contributed by atoms with Crippen molar-refractivity contribution in [2.45, 2.75) is 25.9 Å². The van der Waals surface area contributed by atoms with Gasteiger partial charge < -0.3 is 14.7 Å². The predicted octanol–water partition coefficient (Wildman–Crippen LogP) is 2.13. The first kappa shape index (κ1) is 17.2. The van der Waals surface area contributed by atoms with Crippen molar-refractivity contribution in [3.63, 3.8) is 0 Å². The molecule has 1 unspecified atom stereocenters. The molecule has 22 heavy (non-hydrogen) atoms. The SMILES string of the molecule is CCCCOCC(O)CN1CCN(c2ccc(F)cc2)CC1. The van der Waals surface area contributed by atoms with Gasteiger partial charge in [-0.2, -0.15) is 0 Å². The zero-order chi connectivity index (χ0) is 15.8. The Labute approximate surface area is 132 Å². The number of aliphatic hydroxyl groups is 1. The molecule has 1 heterocycles. The van der Waals surface area contributed by atoms with Crippen LogP contribution in [0.25, 0.3) is 0 Å². The second-order valence-corrected chi connectivity index (χ2v) is 5.85. The summed E-state index contributed by atoms with van der Waals surface area (Å²) in [6.07, 6.45) is 1.74. The molecule has 0 bridgehead atoms. The summed E-state index contributed by atoms with van der Waals surface area (Å²) in [6.45, 7) is 7.53. The number of benzene rings is 1. The van der Waals surface area contributed by atoms with E-state index in [0.717, 1.165) is 51.3 Å². The standard InChI is InChI=1S/C17H27FN2O2/c1-2-3-12-22-14-17(21)13-19-8-10-20(11-9-19)16-6-4-15(18)5-7-16/h4-7,17,21H,2-3,8-14H2,1H3. The summed E-state index contributed by atoms with van der Waals surface area (Å²) in [5.41, 5.74) is 1.06. The van der Waals surface area contributed by atoms with Crippen LogP contribution in [0.5, 0.6) is 0 Å². The second kappa shape index (κ2) is 9.08. The minimum atomic E-state index is -0.422. The molecule has 1 aromatic carbocycles. The molecule has 5 heteroatoms. The molecule has 0 saturated carbocycles. The molecule has 1 fully saturated rings. The minimum Gasteiger partial charge on any atom is -0.389 e. The van der Waals surface area contributed by atoms with Crippen LogP contribution in [0.4, 0.5) is 10.1 Å². The number of β-amino-alcohol motifs (C(OH)–C–C–N with tert-alkyl or cyclic N) is 1. The molecule has 0 spiro atoms. The number of halogens is 1. The third kappa shape index (κ3) is 5.55. The lowest BCUT2D eigenvalue weighted by Gasteiger charge is -2.36. The van der Waals surface area contributed by atoms with Crippen LogP contribution in [0, 0.1) is 5.82 Å². The Balaban J connectivity index is 1.67. The maximum atomic E-state index is 12.9. The molecule has 1 aromatic rings. The van der Waals surface area contributed by atoms with Crippen molar-refractivity contribution in [3.05, 3.63) is 30.1 Å². The molecular weight excluding hydrogens is 283 g/mol. The average Bonchev–Trinajstić information content (AvgIpc) is 2.53. The number of hydrogen-bond donors (Lipinski definition) is 1. The van der Waals surface area contributed by atoms with Gasteiger partial charge in [-0.25, -0.2) is 4.39 Å². The number of anilines is 1. The van der Waals surface area contributed by atoms with Crippen LogP contribution in [0.2, 0.25) is 0 Å². The Bertz CT molecular complexity index is 419. The van der Waals surface area contributed by atoms with Crippen molar-refractivity contribution in [2.75, 3.05) is 50.8 Å². The van der Waals surface area contributed by atoms with Gasteiger partial charge >= 0.3 is 0 Å². The van der Waals surface area contributed by atoms with Gasteiger partial charge in [-0.15, -0.1) is 0 Å². The molecule has 4 nitrogen and oxygen atoms in total. The van der Waals surface area contributed by atoms with E-state index in [2.05, 4.69) is 16.7 Å². The van der Waals surface area contributed by atoms with Gasteiger partial charge in [0.1, 0.15) is 5.82 Å². The van der Waals surface area contributed by atoms with E-state index in [-0.39, 0.29) is 5.82 Å². The van der Waals surface area contributed by atoms with Crippen molar-refractivity contribution in [1.29, 1.82) is 0 Å². The van der Waals surface area contributed by atoms with Crippen molar-refractivity contribution in [3.8, 4) is 0 Å². The van der Waals surface area contributed by atoms with Crippen LogP contribution in [0.3, 0.4) is 0 Å². The molecule has 2 rings (SSSR count). The van der Waals surface area contributed by atoms with Crippen LogP contribution < -0.4 is 4.90 Å². The van der Waals surface area contributed by atoms with E-state index in [0.29, 0.717) is 13.2 Å². The smallest absolute Gasteiger partial charge is 0.123 e. The van der Waals surface area contributed by atoms with E-state index in [1.165, 1.54) is 12.1 Å². The van der Waals surface area contributed by atoms with Crippen molar-refractivity contribution in [2.24, 2.45) is 0 Å². The summed E-state index contributed by atoms with van der Waals surface area (Å²) < 4.78 is 18.4. The fraction of sp³-hybridized carbons (Fsp3) is 0.647. The van der Waals surface area contributed by atoms with Gasteiger partial charge in [-0.05, 0) is 30.7 Å². The molecule has 0 radical (unpaired) electrons. The second-order valence-electron chi connectivity index (χ2n) is 5.85. The van der Waals surface area contributed by atoms with E-state index in [1.807, 2.05) is 12.1 Å². The lowest BCUT2D eigenvalue weighted by molar-refractivity contribution is 0.0150. The molecule has 1 N–H and O–H groups in total. The highest BCUT2D eigenvalue weighted by Crippen LogP contribution is 2.16. The average molecular weight is 310 g/mol. The van der Waals surface area contributed by atoms with Gasteiger partial charge in [0.05, 0.1) is 12.7 Å². The van der Waals surface area contributed by atoms with Crippen LogP contribution >= 0.6 is 0 Å². The van der Waals surface area contributed by atoms with Gasteiger partial charge in [0.15, 0.2) is 0 Å². The number of ether oxygens (including phenoxy) is 1. The molecule has 1 saturated heterocycles. The maximum Gasteiger partial charge on any atom is 0.123 e. The van der Waals surface area contributed by atoms with Gasteiger partial charge in [-0.3, -0.25) is 4.90 Å². The Morgan fingerprint density at radius 1 is 1.18 bits per heavy atom. The van der Waals surface area contributed by atoms with E-state index in [4.69, 9.17) is 4.74 Å². The van der Waals surface area contributed by atoms with Gasteiger partial charge in [0, 0.05) is 45.0 Å². The third-order valence-electron chi connectivity index (χ3n) is 3.99. The molecular formula is C17H27FN2O2. The van der Waals surface area contributed by atoms with Crippen LogP contribution in [-0.4, -0.2) is 62.0 Å². The summed E-state index contributed by atoms with van der Waals surface area (Å²) in [5.74, 6) is -0.200. The molecule has 0 amide bonds. The molecule has 1 aliphatic heterocycles. The summed E-state index contributed by atoms with van der Waals surface area (Å²) in [7, 11) is 0. The van der Waals surface area contributed by atoms with Gasteiger partial charge in [0.2, 0.25) is 0 Å². The lowest BCUT2D eigenvalue weighted by Crippen LogP contribution is -2.49. The predicted molar refractivity (Wildman–Crippen MR) is 86.8 cm³/mol. The van der Waals surface area contributed by atoms with Crippen LogP contribution in [-0.2, 0) is 4.74 Å². The fourth-order valence-corrected chi connectivity index (χ4v) is 2.66. The molecule has 124 valence electrons. The van der Waals surface area contributed by atoms with E-state index in [1.54, 1.807) is 0 Å². The zero-order valence-corrected chi connectivity index (χ0v) is 13.4. The molecule has 1 atom stereocenters. The monoisotopic (exact) mass is 310 g/mol. The lowest BCUT2D eigenvalue weighted by atomic mass is 10.2. The van der Waals surface area contributed by atoms with Crippen LogP contribution in [0.15, 0.2) is 24.3 Å². The largest absolute Gasteiger partial charge is 0.389 e. The Morgan fingerprint density at radius 2 is 1.86 bits per heavy atom. The molecule has 0 aromatic heterocycles. The molecule has 0 aliphatic carbocycles. The third-order valence-corrected chi connectivity index (χ3v) is 3.99. The number of aliphatic hydroxyl groups excluding tert-OH is 1. The van der Waals surface area contributed by atoms with E-state index < -0.39 is 6.10 Å². The van der Waals surface area contributed by atoms with Gasteiger partial charge in [0.25, 0.3) is 0 Å². The van der Waals surface area contributed by atoms with Crippen molar-refractivity contribution >= 4 is 5.69 Å². The summed E-state index contributed by atoms with van der Waals surface area (Å²) >= 11 is 0. The summed E-state index contributed by atoms with van der Waals surface area (Å²) in [5, 5.41) is 9.99. The first-order chi connectivity index (χ1) is 10.7. The van der Waals surface area contributed by atoms with E-state index >= 15 is 0 Å². The number of unbranched alkanes of at least 4 members (excludes halogenated alkanes) is 1. The first-order valence-electron chi connectivity index (χ1n) is 8.17. The van der Waals surface area contributed by atoms with Gasteiger partial charge in [-0.1, -0.05) is 13.3 Å². The van der Waals surface area contributed by atoms with E-state index in [9.17, 15) is 9.50 Å². The Hall–Kier alpha value is -1.17. The van der Waals surface area contributed by atoms with Crippen molar-refractivity contribution < 1.29 is 14.2 Å². The number of rotatable bonds is 8. The maximum absolute atomic E-state index is 12.9. The minimum absolute atomic E-state index is 0.200. The summed E-state index contributed by atoms with van der Waals surface area (Å²) in [6, 6.07) is 6.64. The topological polar surface area (TPSA) is 35.9 Å². The van der Waals surface area contributed by atoms with Crippen molar-refractivity contribution in [1.82, 2.24) is 4.90 Å². The molecule has 1 aliphatic rings. The zero-order valence-electron chi connectivity index (χ0n) is 13.4. The Morgan fingerprint density at radius 3 is 2.50 bits per heavy atom. The normalized spacial score (nSPS) is 17.7. The van der Waals surface area contributed by atoms with Crippen LogP contribution in [0.1, 0.15) is 19.8 Å². The Kier molecular flexibility index (Phi) is 7.09. The number of hydrogen-bond acceptors (Lipinski definition) is 4. The quantitative estimate of drug-likeness (QED) is 0.746. The highest BCUT2D eigenvalue weighted by molar-refractivity contribution is 5.46. The summed E-state index contributed by atoms with van der Waals surface area (Å²) in [4.78, 5) is 4.51. The first-order valence-corrected chi connectivity index (χ1v) is 8.17. The number of nitrogens with zero attached hydrogens (tertiary/aromatic N) is 2. The highest BCUT2D eigenvalue weighted by Gasteiger charge is 2.19. The highest BCUT2D eigenvalue weighted by atomic mass is 19.1. The number of piperazine rings is 1.